The first-order valence-corrected chi connectivity index (χ1v) is 5.66. The highest BCUT2D eigenvalue weighted by Gasteiger charge is 2.18. The molecule has 1 fully saturated rings. The number of amides is 1. The molecule has 0 spiro atoms. The van der Waals surface area contributed by atoms with Crippen LogP contribution in [0.25, 0.3) is 0 Å². The van der Waals surface area contributed by atoms with E-state index in [1.165, 1.54) is 0 Å². The van der Waals surface area contributed by atoms with Gasteiger partial charge in [-0.1, -0.05) is 6.07 Å². The lowest BCUT2D eigenvalue weighted by Gasteiger charge is -2.23. The summed E-state index contributed by atoms with van der Waals surface area (Å²) in [6, 6.07) is 5.61. The van der Waals surface area contributed by atoms with Crippen molar-refractivity contribution < 1.29 is 9.53 Å². The zero-order valence-corrected chi connectivity index (χ0v) is 9.90. The van der Waals surface area contributed by atoms with E-state index in [1.54, 1.807) is 7.11 Å². The lowest BCUT2D eigenvalue weighted by Crippen LogP contribution is -2.33. The minimum atomic E-state index is 0.0321. The van der Waals surface area contributed by atoms with Gasteiger partial charge in [0.2, 0.25) is 5.91 Å². The molecule has 1 saturated heterocycles. The van der Waals surface area contributed by atoms with Crippen LogP contribution in [0.1, 0.15) is 6.42 Å². The monoisotopic (exact) mass is 235 g/mol. The molecule has 0 bridgehead atoms. The maximum Gasteiger partial charge on any atom is 0.239 e. The fourth-order valence-corrected chi connectivity index (χ4v) is 2.00. The van der Waals surface area contributed by atoms with Crippen LogP contribution in [0.15, 0.2) is 18.2 Å². The molecule has 5 nitrogen and oxygen atoms in total. The Labute approximate surface area is 101 Å². The predicted molar refractivity (Wildman–Crippen MR) is 67.2 cm³/mol. The first kappa shape index (κ1) is 11.6. The number of carbonyl (C=O) groups excluding carboxylic acids is 1. The molecule has 1 amide bonds. The van der Waals surface area contributed by atoms with Gasteiger partial charge in [0.05, 0.1) is 25.0 Å². The van der Waals surface area contributed by atoms with Crippen molar-refractivity contribution >= 4 is 17.3 Å². The second-order valence-corrected chi connectivity index (χ2v) is 4.02. The van der Waals surface area contributed by atoms with Crippen LogP contribution in [0.2, 0.25) is 0 Å². The van der Waals surface area contributed by atoms with Crippen molar-refractivity contribution in [3.05, 3.63) is 18.2 Å². The van der Waals surface area contributed by atoms with Crippen molar-refractivity contribution in [2.45, 2.75) is 6.42 Å². The predicted octanol–water partition coefficient (Wildman–Crippen LogP) is 0.604. The fraction of sp³-hybridized carbons (Fsp3) is 0.417. The molecule has 2 rings (SSSR count). The second-order valence-electron chi connectivity index (χ2n) is 4.02. The Morgan fingerprint density at radius 1 is 1.47 bits per heavy atom. The molecule has 1 aliphatic heterocycles. The first-order chi connectivity index (χ1) is 8.22. The van der Waals surface area contributed by atoms with Gasteiger partial charge in [0.25, 0.3) is 0 Å². The van der Waals surface area contributed by atoms with E-state index in [0.717, 1.165) is 25.2 Å². The zero-order chi connectivity index (χ0) is 12.3. The third-order valence-electron chi connectivity index (χ3n) is 2.87. The molecule has 1 heterocycles. The average Bonchev–Trinajstić information content (AvgIpc) is 2.54. The largest absolute Gasteiger partial charge is 0.495 e. The molecule has 0 radical (unpaired) electrons. The van der Waals surface area contributed by atoms with Gasteiger partial charge in [-0.25, -0.2) is 0 Å². The standard InChI is InChI=1S/C12H17N3O2/c1-17-10-5-2-4-9(12(10)13)15-7-3-6-14-11(16)8-15/h2,4-5H,3,6-8,13H2,1H3,(H,14,16). The van der Waals surface area contributed by atoms with Crippen LogP contribution in [0, 0.1) is 0 Å². The SMILES string of the molecule is COc1cccc(N2CCCNC(=O)C2)c1N. The molecule has 1 aromatic carbocycles. The van der Waals surface area contributed by atoms with Gasteiger partial charge in [-0.15, -0.1) is 0 Å². The Bertz CT molecular complexity index is 420. The number of rotatable bonds is 2. The van der Waals surface area contributed by atoms with Gasteiger partial charge in [0.15, 0.2) is 0 Å². The molecule has 0 unspecified atom stereocenters. The summed E-state index contributed by atoms with van der Waals surface area (Å²) >= 11 is 0. The van der Waals surface area contributed by atoms with Crippen LogP contribution in [-0.4, -0.2) is 32.7 Å². The number of para-hydroxylation sites is 1. The number of methoxy groups -OCH3 is 1. The number of benzene rings is 1. The van der Waals surface area contributed by atoms with E-state index >= 15 is 0 Å². The highest BCUT2D eigenvalue weighted by atomic mass is 16.5. The Balaban J connectivity index is 2.29. The molecule has 92 valence electrons. The summed E-state index contributed by atoms with van der Waals surface area (Å²) in [5.74, 6) is 0.678. The summed E-state index contributed by atoms with van der Waals surface area (Å²) in [5.41, 5.74) is 7.47. The molecule has 1 aliphatic rings. The van der Waals surface area contributed by atoms with Gasteiger partial charge < -0.3 is 20.7 Å². The lowest BCUT2D eigenvalue weighted by atomic mass is 10.2. The van der Waals surface area contributed by atoms with E-state index in [-0.39, 0.29) is 5.91 Å². The third kappa shape index (κ3) is 2.43. The van der Waals surface area contributed by atoms with Crippen LogP contribution in [0.3, 0.4) is 0 Å². The highest BCUT2D eigenvalue weighted by Crippen LogP contribution is 2.32. The smallest absolute Gasteiger partial charge is 0.239 e. The number of hydrogen-bond acceptors (Lipinski definition) is 4. The number of nitrogens with zero attached hydrogens (tertiary/aromatic N) is 1. The molecule has 1 aromatic rings. The molecule has 0 atom stereocenters. The molecular formula is C12H17N3O2. The Kier molecular flexibility index (Phi) is 3.37. The molecule has 0 saturated carbocycles. The van der Waals surface area contributed by atoms with Crippen molar-refractivity contribution in [3.63, 3.8) is 0 Å². The lowest BCUT2D eigenvalue weighted by molar-refractivity contribution is -0.119. The molecular weight excluding hydrogens is 218 g/mol. The van der Waals surface area contributed by atoms with E-state index < -0.39 is 0 Å². The first-order valence-electron chi connectivity index (χ1n) is 5.66. The molecule has 17 heavy (non-hydrogen) atoms. The quantitative estimate of drug-likeness (QED) is 0.737. The third-order valence-corrected chi connectivity index (χ3v) is 2.87. The van der Waals surface area contributed by atoms with Crippen molar-refractivity contribution in [1.82, 2.24) is 5.32 Å². The minimum absolute atomic E-state index is 0.0321. The van der Waals surface area contributed by atoms with Crippen molar-refractivity contribution in [2.75, 3.05) is 37.4 Å². The van der Waals surface area contributed by atoms with Gasteiger partial charge in [0.1, 0.15) is 5.75 Å². The van der Waals surface area contributed by atoms with Crippen molar-refractivity contribution in [3.8, 4) is 5.75 Å². The molecule has 0 aliphatic carbocycles. The van der Waals surface area contributed by atoms with Crippen LogP contribution in [-0.2, 0) is 4.79 Å². The normalized spacial score (nSPS) is 16.3. The summed E-state index contributed by atoms with van der Waals surface area (Å²) in [7, 11) is 1.59. The summed E-state index contributed by atoms with van der Waals surface area (Å²) in [4.78, 5) is 13.5. The maximum atomic E-state index is 11.5. The van der Waals surface area contributed by atoms with E-state index in [1.807, 2.05) is 23.1 Å². The fourth-order valence-electron chi connectivity index (χ4n) is 2.00. The molecule has 3 N–H and O–H groups in total. The number of anilines is 2. The number of nitrogens with one attached hydrogen (secondary N) is 1. The van der Waals surface area contributed by atoms with E-state index in [9.17, 15) is 4.79 Å². The van der Waals surface area contributed by atoms with Gasteiger partial charge in [-0.05, 0) is 18.6 Å². The van der Waals surface area contributed by atoms with Crippen molar-refractivity contribution in [2.24, 2.45) is 0 Å². The van der Waals surface area contributed by atoms with Gasteiger partial charge in [-0.2, -0.15) is 0 Å². The topological polar surface area (TPSA) is 67.6 Å². The minimum Gasteiger partial charge on any atom is -0.495 e. The average molecular weight is 235 g/mol. The molecule has 5 heteroatoms. The number of nitrogen functional groups attached to an aromatic ring is 1. The number of nitrogens with two attached hydrogens (primary N) is 1. The Morgan fingerprint density at radius 2 is 2.29 bits per heavy atom. The Hall–Kier alpha value is -1.91. The van der Waals surface area contributed by atoms with Gasteiger partial charge >= 0.3 is 0 Å². The van der Waals surface area contributed by atoms with Gasteiger partial charge in [0, 0.05) is 13.1 Å². The van der Waals surface area contributed by atoms with Crippen LogP contribution in [0.4, 0.5) is 11.4 Å². The summed E-state index contributed by atoms with van der Waals surface area (Å²) in [6.45, 7) is 1.88. The van der Waals surface area contributed by atoms with E-state index in [2.05, 4.69) is 5.32 Å². The van der Waals surface area contributed by atoms with Crippen LogP contribution in [0.5, 0.6) is 5.75 Å². The number of ether oxygens (including phenoxy) is 1. The number of carbonyl (C=O) groups is 1. The van der Waals surface area contributed by atoms with Crippen LogP contribution >= 0.6 is 0 Å². The summed E-state index contributed by atoms with van der Waals surface area (Å²) in [5, 5.41) is 2.84. The second kappa shape index (κ2) is 4.95. The summed E-state index contributed by atoms with van der Waals surface area (Å²) in [6.07, 6.45) is 0.919. The maximum absolute atomic E-state index is 11.5. The summed E-state index contributed by atoms with van der Waals surface area (Å²) < 4.78 is 5.18. The van der Waals surface area contributed by atoms with Crippen LogP contribution < -0.4 is 20.7 Å². The highest BCUT2D eigenvalue weighted by molar-refractivity contribution is 5.84. The number of hydrogen-bond donors (Lipinski definition) is 2. The van der Waals surface area contributed by atoms with E-state index in [0.29, 0.717) is 18.0 Å². The Morgan fingerprint density at radius 3 is 3.06 bits per heavy atom. The zero-order valence-electron chi connectivity index (χ0n) is 9.90. The molecule has 0 aromatic heterocycles. The van der Waals surface area contributed by atoms with Crippen molar-refractivity contribution in [1.29, 1.82) is 0 Å². The van der Waals surface area contributed by atoms with Gasteiger partial charge in [-0.3, -0.25) is 4.79 Å². The van der Waals surface area contributed by atoms with E-state index in [4.69, 9.17) is 10.5 Å².